The third-order valence-electron chi connectivity index (χ3n) is 1.03. The van der Waals surface area contributed by atoms with E-state index >= 15 is 0 Å². The van der Waals surface area contributed by atoms with Gasteiger partial charge in [-0.15, -0.1) is 0 Å². The number of hydrogen-bond donors (Lipinski definition) is 1. The molecular weight excluding hydrogens is 114 g/mol. The lowest BCUT2D eigenvalue weighted by molar-refractivity contribution is 0.475. The van der Waals surface area contributed by atoms with Gasteiger partial charge in [0.1, 0.15) is 5.75 Å². The highest BCUT2D eigenvalue weighted by Gasteiger charge is 1.85. The van der Waals surface area contributed by atoms with Crippen LogP contribution in [0, 0.1) is 0 Å². The number of phenolic OH excluding ortho intramolecular Hbond substituents is 1. The molecule has 0 unspecified atom stereocenters. The van der Waals surface area contributed by atoms with Gasteiger partial charge in [0.15, 0.2) is 0 Å². The highest BCUT2D eigenvalue weighted by Crippen LogP contribution is 2.15. The molecule has 0 atom stereocenters. The van der Waals surface area contributed by atoms with Crippen molar-refractivity contribution in [1.82, 2.24) is 0 Å². The van der Waals surface area contributed by atoms with Crippen LogP contribution in [-0.2, 0) is 0 Å². The predicted molar refractivity (Wildman–Crippen MR) is 37.3 cm³/mol. The normalized spacial score (nSPS) is 8.89. The fourth-order valence-electron chi connectivity index (χ4n) is 0.558. The van der Waals surface area contributed by atoms with Crippen molar-refractivity contribution in [2.75, 3.05) is 0 Å². The minimum absolute atomic E-state index is 0.252. The first kappa shape index (κ1) is 5.82. The van der Waals surface area contributed by atoms with E-state index in [-0.39, 0.29) is 5.75 Å². The summed E-state index contributed by atoms with van der Waals surface area (Å²) >= 11 is 0. The molecule has 0 aliphatic carbocycles. The first-order valence-electron chi connectivity index (χ1n) is 2.58. The van der Waals surface area contributed by atoms with Crippen LogP contribution in [0.2, 0.25) is 0 Å². The standard InChI is InChI=1S/C7H7NO/c1-8-6-2-4-7(9)5-3-6/h2-5,9H,1H2. The third-order valence-corrected chi connectivity index (χ3v) is 1.03. The van der Waals surface area contributed by atoms with Gasteiger partial charge in [-0.25, -0.2) is 0 Å². The van der Waals surface area contributed by atoms with E-state index in [1.54, 1.807) is 24.3 Å². The van der Waals surface area contributed by atoms with Gasteiger partial charge >= 0.3 is 0 Å². The molecule has 0 saturated heterocycles. The van der Waals surface area contributed by atoms with Gasteiger partial charge in [-0.1, -0.05) is 0 Å². The molecule has 0 aromatic heterocycles. The van der Waals surface area contributed by atoms with Gasteiger partial charge < -0.3 is 5.11 Å². The Hall–Kier alpha value is -1.31. The van der Waals surface area contributed by atoms with Crippen LogP contribution in [0.5, 0.6) is 5.75 Å². The van der Waals surface area contributed by atoms with Crippen LogP contribution in [-0.4, -0.2) is 11.8 Å². The van der Waals surface area contributed by atoms with Crippen molar-refractivity contribution >= 4 is 12.4 Å². The first-order chi connectivity index (χ1) is 4.33. The van der Waals surface area contributed by atoms with Gasteiger partial charge in [0.05, 0.1) is 5.69 Å². The fourth-order valence-corrected chi connectivity index (χ4v) is 0.558. The van der Waals surface area contributed by atoms with E-state index in [1.807, 2.05) is 0 Å². The molecule has 46 valence electrons. The van der Waals surface area contributed by atoms with Gasteiger partial charge in [-0.2, -0.15) is 0 Å². The van der Waals surface area contributed by atoms with Crippen LogP contribution in [0.1, 0.15) is 0 Å². The molecule has 2 heteroatoms. The van der Waals surface area contributed by atoms with Crippen LogP contribution in [0.15, 0.2) is 29.3 Å². The lowest BCUT2D eigenvalue weighted by atomic mass is 10.3. The largest absolute Gasteiger partial charge is 0.508 e. The van der Waals surface area contributed by atoms with Gasteiger partial charge in [0.25, 0.3) is 0 Å². The Kier molecular flexibility index (Phi) is 1.49. The highest BCUT2D eigenvalue weighted by molar-refractivity contribution is 5.46. The van der Waals surface area contributed by atoms with Crippen LogP contribution in [0.3, 0.4) is 0 Å². The Bertz CT molecular complexity index is 203. The average molecular weight is 121 g/mol. The minimum atomic E-state index is 0.252. The van der Waals surface area contributed by atoms with Gasteiger partial charge in [0.2, 0.25) is 0 Å². The van der Waals surface area contributed by atoms with Crippen molar-refractivity contribution in [1.29, 1.82) is 0 Å². The lowest BCUT2D eigenvalue weighted by Crippen LogP contribution is -1.62. The summed E-state index contributed by atoms with van der Waals surface area (Å²) in [5.41, 5.74) is 0.771. The second-order valence-corrected chi connectivity index (χ2v) is 1.67. The van der Waals surface area contributed by atoms with Crippen molar-refractivity contribution in [2.45, 2.75) is 0 Å². The first-order valence-corrected chi connectivity index (χ1v) is 2.58. The zero-order valence-corrected chi connectivity index (χ0v) is 4.91. The minimum Gasteiger partial charge on any atom is -0.508 e. The Labute approximate surface area is 53.5 Å². The topological polar surface area (TPSA) is 32.6 Å². The van der Waals surface area contributed by atoms with E-state index in [0.717, 1.165) is 5.69 Å². The molecule has 0 aliphatic heterocycles. The number of benzene rings is 1. The maximum absolute atomic E-state index is 8.79. The molecule has 1 N–H and O–H groups in total. The molecule has 0 amide bonds. The molecule has 0 aliphatic rings. The summed E-state index contributed by atoms with van der Waals surface area (Å²) in [6, 6.07) is 6.54. The molecule has 9 heavy (non-hydrogen) atoms. The molecule has 1 aromatic rings. The number of phenols is 1. The fraction of sp³-hybridized carbons (Fsp3) is 0. The molecule has 0 fully saturated rings. The van der Waals surface area contributed by atoms with E-state index in [4.69, 9.17) is 5.11 Å². The van der Waals surface area contributed by atoms with E-state index in [1.165, 1.54) is 0 Å². The van der Waals surface area contributed by atoms with Gasteiger partial charge in [0, 0.05) is 0 Å². The number of hydrogen-bond acceptors (Lipinski definition) is 2. The quantitative estimate of drug-likeness (QED) is 0.564. The number of nitrogens with zero attached hydrogens (tertiary/aromatic N) is 1. The molecule has 0 radical (unpaired) electrons. The maximum atomic E-state index is 8.79. The zero-order valence-electron chi connectivity index (χ0n) is 4.91. The van der Waals surface area contributed by atoms with E-state index in [9.17, 15) is 0 Å². The highest BCUT2D eigenvalue weighted by atomic mass is 16.3. The number of aliphatic imine (C=N–C) groups is 1. The third kappa shape index (κ3) is 1.29. The summed E-state index contributed by atoms with van der Waals surface area (Å²) in [5, 5.41) is 8.79. The van der Waals surface area contributed by atoms with Gasteiger partial charge in [-0.05, 0) is 31.0 Å². The van der Waals surface area contributed by atoms with Crippen LogP contribution < -0.4 is 0 Å². The molecule has 0 bridgehead atoms. The van der Waals surface area contributed by atoms with E-state index in [0.29, 0.717) is 0 Å². The number of aromatic hydroxyl groups is 1. The second-order valence-electron chi connectivity index (χ2n) is 1.67. The van der Waals surface area contributed by atoms with Crippen LogP contribution in [0.4, 0.5) is 5.69 Å². The Morgan fingerprint density at radius 1 is 1.22 bits per heavy atom. The zero-order chi connectivity index (χ0) is 6.69. The summed E-state index contributed by atoms with van der Waals surface area (Å²) in [6.45, 7) is 3.33. The SMILES string of the molecule is C=Nc1ccc(O)cc1. The average Bonchev–Trinajstić information content (AvgIpc) is 1.90. The Morgan fingerprint density at radius 3 is 2.22 bits per heavy atom. The molecule has 1 aromatic carbocycles. The molecule has 2 nitrogen and oxygen atoms in total. The van der Waals surface area contributed by atoms with Crippen LogP contribution >= 0.6 is 0 Å². The van der Waals surface area contributed by atoms with E-state index < -0.39 is 0 Å². The monoisotopic (exact) mass is 121 g/mol. The smallest absolute Gasteiger partial charge is 0.115 e. The van der Waals surface area contributed by atoms with Crippen molar-refractivity contribution in [3.05, 3.63) is 24.3 Å². The molecule has 0 spiro atoms. The van der Waals surface area contributed by atoms with Gasteiger partial charge in [-0.3, -0.25) is 4.99 Å². The summed E-state index contributed by atoms with van der Waals surface area (Å²) in [4.78, 5) is 3.65. The van der Waals surface area contributed by atoms with Crippen molar-refractivity contribution < 1.29 is 5.11 Å². The van der Waals surface area contributed by atoms with E-state index in [2.05, 4.69) is 11.7 Å². The predicted octanol–water partition coefficient (Wildman–Crippen LogP) is 1.72. The van der Waals surface area contributed by atoms with Crippen molar-refractivity contribution in [2.24, 2.45) is 4.99 Å². The molecule has 0 saturated carbocycles. The molecule has 1 rings (SSSR count). The summed E-state index contributed by atoms with van der Waals surface area (Å²) in [6.07, 6.45) is 0. The summed E-state index contributed by atoms with van der Waals surface area (Å²) in [5.74, 6) is 0.252. The van der Waals surface area contributed by atoms with Crippen LogP contribution in [0.25, 0.3) is 0 Å². The maximum Gasteiger partial charge on any atom is 0.115 e. The molecule has 0 heterocycles. The lowest BCUT2D eigenvalue weighted by Gasteiger charge is -1.90. The number of rotatable bonds is 1. The second kappa shape index (κ2) is 2.31. The van der Waals surface area contributed by atoms with Crippen molar-refractivity contribution in [3.8, 4) is 5.75 Å². The van der Waals surface area contributed by atoms with Crippen molar-refractivity contribution in [3.63, 3.8) is 0 Å². The Morgan fingerprint density at radius 2 is 1.78 bits per heavy atom. The Balaban J connectivity index is 3.01. The molecular formula is C7H7NO. The summed E-state index contributed by atoms with van der Waals surface area (Å²) in [7, 11) is 0. The summed E-state index contributed by atoms with van der Waals surface area (Å²) < 4.78 is 0.